The van der Waals surface area contributed by atoms with Gasteiger partial charge < -0.3 is 24.7 Å². The van der Waals surface area contributed by atoms with Crippen LogP contribution in [-0.2, 0) is 21.5 Å². The van der Waals surface area contributed by atoms with E-state index >= 15 is 0 Å². The van der Waals surface area contributed by atoms with Gasteiger partial charge in [-0.05, 0) is 43.2 Å². The molecule has 1 saturated heterocycles. The third kappa shape index (κ3) is 2.09. The van der Waals surface area contributed by atoms with Gasteiger partial charge in [0.15, 0.2) is 11.5 Å². The number of carbonyl (C=O) groups is 2. The molecule has 0 spiro atoms. The number of nitrogens with zero attached hydrogens (tertiary/aromatic N) is 1. The summed E-state index contributed by atoms with van der Waals surface area (Å²) in [5.41, 5.74) is 3.02. The molecule has 30 heavy (non-hydrogen) atoms. The number of fused-ring (bicyclic) bond motifs is 5. The van der Waals surface area contributed by atoms with Gasteiger partial charge in [-0.2, -0.15) is 0 Å². The number of ether oxygens (including phenoxy) is 2. The van der Waals surface area contributed by atoms with Crippen LogP contribution in [0.25, 0.3) is 10.9 Å². The molecule has 4 heterocycles. The molecular formula is C23H21N3O4. The number of amides is 2. The minimum atomic E-state index is -0.860. The van der Waals surface area contributed by atoms with Crippen molar-refractivity contribution in [2.24, 2.45) is 0 Å². The number of carbonyl (C=O) groups excluding carboxylic acids is 2. The van der Waals surface area contributed by atoms with Crippen molar-refractivity contribution in [1.29, 1.82) is 0 Å². The highest BCUT2D eigenvalue weighted by Gasteiger charge is 2.54. The average Bonchev–Trinajstić information content (AvgIpc) is 3.36. The highest BCUT2D eigenvalue weighted by Crippen LogP contribution is 2.48. The molecule has 1 unspecified atom stereocenters. The van der Waals surface area contributed by atoms with Crippen LogP contribution in [0.15, 0.2) is 42.5 Å². The van der Waals surface area contributed by atoms with Crippen LogP contribution < -0.4 is 14.8 Å². The van der Waals surface area contributed by atoms with Crippen molar-refractivity contribution in [3.05, 3.63) is 59.3 Å². The predicted molar refractivity (Wildman–Crippen MR) is 109 cm³/mol. The van der Waals surface area contributed by atoms with E-state index in [0.29, 0.717) is 17.9 Å². The third-order valence-corrected chi connectivity index (χ3v) is 6.70. The maximum Gasteiger partial charge on any atom is 0.246 e. The van der Waals surface area contributed by atoms with Crippen LogP contribution in [0, 0.1) is 0 Å². The molecule has 2 aromatic carbocycles. The predicted octanol–water partition coefficient (Wildman–Crippen LogP) is 2.43. The normalized spacial score (nSPS) is 27.1. The van der Waals surface area contributed by atoms with E-state index in [1.54, 1.807) is 11.8 Å². The lowest BCUT2D eigenvalue weighted by atomic mass is 9.76. The summed E-state index contributed by atoms with van der Waals surface area (Å²) in [6.07, 6.45) is 0.476. The van der Waals surface area contributed by atoms with Crippen molar-refractivity contribution < 1.29 is 19.1 Å². The molecule has 6 rings (SSSR count). The van der Waals surface area contributed by atoms with Crippen LogP contribution in [0.5, 0.6) is 11.5 Å². The quantitative estimate of drug-likeness (QED) is 0.654. The first-order valence-corrected chi connectivity index (χ1v) is 10.1. The zero-order valence-corrected chi connectivity index (χ0v) is 16.7. The number of hydrogen-bond donors (Lipinski definition) is 2. The van der Waals surface area contributed by atoms with E-state index < -0.39 is 17.6 Å². The van der Waals surface area contributed by atoms with Gasteiger partial charge in [0.2, 0.25) is 18.6 Å². The fourth-order valence-electron chi connectivity index (χ4n) is 5.19. The van der Waals surface area contributed by atoms with Crippen molar-refractivity contribution in [2.45, 2.75) is 37.9 Å². The van der Waals surface area contributed by atoms with Gasteiger partial charge >= 0.3 is 0 Å². The van der Waals surface area contributed by atoms with Gasteiger partial charge in [-0.1, -0.05) is 24.3 Å². The second-order valence-electron chi connectivity index (χ2n) is 8.32. The summed E-state index contributed by atoms with van der Waals surface area (Å²) in [4.78, 5) is 31.7. The van der Waals surface area contributed by atoms with Crippen LogP contribution >= 0.6 is 0 Å². The molecule has 1 fully saturated rings. The molecular weight excluding hydrogens is 382 g/mol. The minimum Gasteiger partial charge on any atom is -0.454 e. The van der Waals surface area contributed by atoms with Gasteiger partial charge in [-0.15, -0.1) is 0 Å². The Balaban J connectivity index is 1.65. The Morgan fingerprint density at radius 1 is 1.10 bits per heavy atom. The summed E-state index contributed by atoms with van der Waals surface area (Å²) in [7, 11) is 0. The molecule has 2 amide bonds. The van der Waals surface area contributed by atoms with Crippen LogP contribution in [0.3, 0.4) is 0 Å². The topological polar surface area (TPSA) is 83.7 Å². The van der Waals surface area contributed by atoms with Crippen molar-refractivity contribution >= 4 is 22.7 Å². The van der Waals surface area contributed by atoms with Crippen LogP contribution in [0.1, 0.15) is 30.7 Å². The van der Waals surface area contributed by atoms with E-state index in [1.807, 2.05) is 43.3 Å². The largest absolute Gasteiger partial charge is 0.454 e. The number of hydrogen-bond acceptors (Lipinski definition) is 4. The Labute approximate surface area is 173 Å². The van der Waals surface area contributed by atoms with Crippen molar-refractivity contribution in [1.82, 2.24) is 15.2 Å². The van der Waals surface area contributed by atoms with Crippen LogP contribution in [-0.4, -0.2) is 40.6 Å². The summed E-state index contributed by atoms with van der Waals surface area (Å²) in [6.45, 7) is 3.92. The van der Waals surface area contributed by atoms with Gasteiger partial charge in [-0.3, -0.25) is 9.59 Å². The van der Waals surface area contributed by atoms with Gasteiger partial charge in [0.05, 0.1) is 0 Å². The van der Waals surface area contributed by atoms with Crippen molar-refractivity contribution in [3.63, 3.8) is 0 Å². The van der Waals surface area contributed by atoms with E-state index in [1.165, 1.54) is 0 Å². The summed E-state index contributed by atoms with van der Waals surface area (Å²) in [6, 6.07) is 12.7. The zero-order valence-electron chi connectivity index (χ0n) is 16.7. The Morgan fingerprint density at radius 2 is 1.90 bits per heavy atom. The number of para-hydroxylation sites is 1. The molecule has 2 N–H and O–H groups in total. The van der Waals surface area contributed by atoms with E-state index in [2.05, 4.69) is 16.4 Å². The highest BCUT2D eigenvalue weighted by molar-refractivity contribution is 5.99. The SMILES string of the molecule is C[C@@H]1NC(=O)C2Cc3c([nH]c4ccccc34)[C@@](C)(c3ccc4c(c3)OCO4)N2C1=O. The fourth-order valence-corrected chi connectivity index (χ4v) is 5.19. The third-order valence-electron chi connectivity index (χ3n) is 6.70. The second-order valence-corrected chi connectivity index (χ2v) is 8.32. The smallest absolute Gasteiger partial charge is 0.246 e. The standard InChI is InChI=1S/C23H21N3O4/c1-12-22(28)26-17(21(27)24-12)10-15-14-5-3-4-6-16(14)25-20(15)23(26,2)13-7-8-18-19(9-13)30-11-29-18/h3-9,12,17,25H,10-11H2,1-2H3,(H,24,27)/t12-,17?,23+/m0/s1. The molecule has 3 aromatic rings. The Kier molecular flexibility index (Phi) is 3.35. The molecule has 0 bridgehead atoms. The van der Waals surface area contributed by atoms with Gasteiger partial charge in [-0.25, -0.2) is 0 Å². The Morgan fingerprint density at radius 3 is 2.77 bits per heavy atom. The summed E-state index contributed by atoms with van der Waals surface area (Å²) < 4.78 is 11.1. The zero-order chi connectivity index (χ0) is 20.6. The van der Waals surface area contributed by atoms with Gasteiger partial charge in [0, 0.05) is 23.0 Å². The van der Waals surface area contributed by atoms with E-state index in [0.717, 1.165) is 27.7 Å². The van der Waals surface area contributed by atoms with Gasteiger partial charge in [0.1, 0.15) is 17.6 Å². The molecule has 7 nitrogen and oxygen atoms in total. The maximum atomic E-state index is 13.4. The summed E-state index contributed by atoms with van der Waals surface area (Å²) in [5.74, 6) is 1.12. The number of benzene rings is 2. The number of nitrogens with one attached hydrogen (secondary N) is 2. The second kappa shape index (κ2) is 5.78. The van der Waals surface area contributed by atoms with E-state index in [4.69, 9.17) is 9.47 Å². The number of aromatic nitrogens is 1. The molecule has 0 saturated carbocycles. The van der Waals surface area contributed by atoms with Crippen LogP contribution in [0.4, 0.5) is 0 Å². The lowest BCUT2D eigenvalue weighted by Gasteiger charge is -2.52. The molecule has 1 aromatic heterocycles. The molecule has 3 atom stereocenters. The first-order valence-electron chi connectivity index (χ1n) is 10.1. The molecule has 3 aliphatic rings. The Bertz CT molecular complexity index is 1230. The maximum absolute atomic E-state index is 13.4. The van der Waals surface area contributed by atoms with Crippen molar-refractivity contribution in [2.75, 3.05) is 6.79 Å². The van der Waals surface area contributed by atoms with Crippen molar-refractivity contribution in [3.8, 4) is 11.5 Å². The molecule has 7 heteroatoms. The summed E-state index contributed by atoms with van der Waals surface area (Å²) in [5, 5.41) is 3.93. The minimum absolute atomic E-state index is 0.0935. The fraction of sp³-hybridized carbons (Fsp3) is 0.304. The number of H-pyrrole nitrogens is 1. The lowest BCUT2D eigenvalue weighted by molar-refractivity contribution is -0.156. The van der Waals surface area contributed by atoms with Gasteiger partial charge in [0.25, 0.3) is 0 Å². The number of aromatic amines is 1. The Hall–Kier alpha value is -3.48. The monoisotopic (exact) mass is 403 g/mol. The van der Waals surface area contributed by atoms with E-state index in [9.17, 15) is 9.59 Å². The summed E-state index contributed by atoms with van der Waals surface area (Å²) >= 11 is 0. The number of piperazine rings is 1. The average molecular weight is 403 g/mol. The first kappa shape index (κ1) is 17.4. The first-order chi connectivity index (χ1) is 14.5. The molecule has 0 radical (unpaired) electrons. The number of rotatable bonds is 1. The highest BCUT2D eigenvalue weighted by atomic mass is 16.7. The lowest BCUT2D eigenvalue weighted by Crippen LogP contribution is -2.69. The van der Waals surface area contributed by atoms with Crippen LogP contribution in [0.2, 0.25) is 0 Å². The molecule has 3 aliphatic heterocycles. The van der Waals surface area contributed by atoms with E-state index in [-0.39, 0.29) is 18.6 Å². The molecule has 0 aliphatic carbocycles. The molecule has 152 valence electrons.